The zero-order valence-electron chi connectivity index (χ0n) is 13.5. The molecule has 6 heteroatoms. The summed E-state index contributed by atoms with van der Waals surface area (Å²) in [5, 5.41) is 18.2. The summed E-state index contributed by atoms with van der Waals surface area (Å²) in [6.45, 7) is 6.22. The van der Waals surface area contributed by atoms with Crippen molar-refractivity contribution >= 4 is 12.1 Å². The molecule has 0 radical (unpaired) electrons. The average molecular weight is 316 g/mol. The Bertz CT molecular complexity index is 683. The molecular weight excluding hydrogens is 296 g/mol. The number of carbonyl (C=O) groups is 2. The van der Waals surface area contributed by atoms with Crippen molar-refractivity contribution in [3.05, 3.63) is 34.4 Å². The standard InChI is InChI=1S/C17H20N2O4/c1-17(2,3)23-16(22)19-5-4-12-6-11(8-15(20)21)7-13(9-18)14(12)10-19/h6-7H,4-5,8,10H2,1-3H3,(H,20,21). The van der Waals surface area contributed by atoms with Gasteiger partial charge in [0.05, 0.1) is 24.6 Å². The summed E-state index contributed by atoms with van der Waals surface area (Å²) < 4.78 is 5.37. The van der Waals surface area contributed by atoms with E-state index in [2.05, 4.69) is 6.07 Å². The van der Waals surface area contributed by atoms with Crippen LogP contribution < -0.4 is 0 Å². The van der Waals surface area contributed by atoms with E-state index in [-0.39, 0.29) is 6.42 Å². The van der Waals surface area contributed by atoms with Gasteiger partial charge >= 0.3 is 12.1 Å². The van der Waals surface area contributed by atoms with Crippen LogP contribution >= 0.6 is 0 Å². The minimum Gasteiger partial charge on any atom is -0.481 e. The van der Waals surface area contributed by atoms with E-state index in [1.165, 1.54) is 0 Å². The van der Waals surface area contributed by atoms with Gasteiger partial charge in [-0.3, -0.25) is 4.79 Å². The van der Waals surface area contributed by atoms with Gasteiger partial charge in [0.2, 0.25) is 0 Å². The van der Waals surface area contributed by atoms with Crippen molar-refractivity contribution in [1.29, 1.82) is 5.26 Å². The normalized spacial score (nSPS) is 13.9. The highest BCUT2D eigenvalue weighted by molar-refractivity contribution is 5.71. The van der Waals surface area contributed by atoms with Crippen molar-refractivity contribution in [1.82, 2.24) is 4.90 Å². The van der Waals surface area contributed by atoms with E-state index in [1.54, 1.807) is 11.0 Å². The zero-order chi connectivity index (χ0) is 17.2. The number of ether oxygens (including phenoxy) is 1. The molecule has 1 aromatic rings. The fraction of sp³-hybridized carbons (Fsp3) is 0.471. The summed E-state index contributed by atoms with van der Waals surface area (Å²) in [4.78, 5) is 24.6. The largest absolute Gasteiger partial charge is 0.481 e. The number of carboxylic acids is 1. The van der Waals surface area contributed by atoms with Crippen LogP contribution in [0.1, 0.15) is 43.0 Å². The maximum atomic E-state index is 12.2. The number of carbonyl (C=O) groups excluding carboxylic acids is 1. The Morgan fingerprint density at radius 2 is 2.09 bits per heavy atom. The summed E-state index contributed by atoms with van der Waals surface area (Å²) >= 11 is 0. The molecule has 0 saturated carbocycles. The molecule has 1 N–H and O–H groups in total. The highest BCUT2D eigenvalue weighted by Crippen LogP contribution is 2.26. The molecule has 0 bridgehead atoms. The van der Waals surface area contributed by atoms with Crippen molar-refractivity contribution in [3.8, 4) is 6.07 Å². The van der Waals surface area contributed by atoms with E-state index in [0.717, 1.165) is 11.1 Å². The van der Waals surface area contributed by atoms with Crippen LogP contribution in [0.3, 0.4) is 0 Å². The Morgan fingerprint density at radius 1 is 1.39 bits per heavy atom. The van der Waals surface area contributed by atoms with Gasteiger partial charge in [-0.25, -0.2) is 4.79 Å². The Balaban J connectivity index is 2.25. The topological polar surface area (TPSA) is 90.6 Å². The number of fused-ring (bicyclic) bond motifs is 1. The average Bonchev–Trinajstić information content (AvgIpc) is 2.43. The molecule has 6 nitrogen and oxygen atoms in total. The second kappa shape index (κ2) is 6.29. The van der Waals surface area contributed by atoms with Gasteiger partial charge in [0.25, 0.3) is 0 Å². The van der Waals surface area contributed by atoms with E-state index in [4.69, 9.17) is 9.84 Å². The van der Waals surface area contributed by atoms with E-state index in [9.17, 15) is 14.9 Å². The number of benzene rings is 1. The van der Waals surface area contributed by atoms with Gasteiger partial charge in [-0.1, -0.05) is 6.07 Å². The molecule has 0 spiro atoms. The first-order chi connectivity index (χ1) is 10.7. The quantitative estimate of drug-likeness (QED) is 0.905. The van der Waals surface area contributed by atoms with Crippen LogP contribution in [0.4, 0.5) is 4.79 Å². The first-order valence-electron chi connectivity index (χ1n) is 7.44. The summed E-state index contributed by atoms with van der Waals surface area (Å²) in [7, 11) is 0. The fourth-order valence-corrected chi connectivity index (χ4v) is 2.59. The van der Waals surface area contributed by atoms with E-state index in [1.807, 2.05) is 26.8 Å². The molecule has 1 heterocycles. The van der Waals surface area contributed by atoms with E-state index in [0.29, 0.717) is 30.6 Å². The number of nitriles is 1. The molecule has 0 aromatic heterocycles. The van der Waals surface area contributed by atoms with Gasteiger partial charge in [-0.2, -0.15) is 5.26 Å². The lowest BCUT2D eigenvalue weighted by atomic mass is 9.92. The molecule has 0 saturated heterocycles. The highest BCUT2D eigenvalue weighted by Gasteiger charge is 2.27. The first-order valence-corrected chi connectivity index (χ1v) is 7.44. The molecule has 1 aliphatic rings. The third-order valence-electron chi connectivity index (χ3n) is 3.53. The van der Waals surface area contributed by atoms with Crippen LogP contribution in [0.5, 0.6) is 0 Å². The van der Waals surface area contributed by atoms with Crippen LogP contribution in [0.15, 0.2) is 12.1 Å². The third-order valence-corrected chi connectivity index (χ3v) is 3.53. The highest BCUT2D eigenvalue weighted by atomic mass is 16.6. The minimum absolute atomic E-state index is 0.113. The number of carboxylic acid groups (broad SMARTS) is 1. The predicted octanol–water partition coefficient (Wildman–Crippen LogP) is 2.48. The van der Waals surface area contributed by atoms with Crippen molar-refractivity contribution in [2.75, 3.05) is 6.54 Å². The Morgan fingerprint density at radius 3 is 2.65 bits per heavy atom. The predicted molar refractivity (Wildman–Crippen MR) is 82.8 cm³/mol. The summed E-state index contributed by atoms with van der Waals surface area (Å²) in [6, 6.07) is 5.51. The molecule has 1 aromatic carbocycles. The lowest BCUT2D eigenvalue weighted by Crippen LogP contribution is -2.40. The molecule has 122 valence electrons. The lowest BCUT2D eigenvalue weighted by Gasteiger charge is -2.31. The summed E-state index contributed by atoms with van der Waals surface area (Å²) in [5.74, 6) is -0.931. The Labute approximate surface area is 135 Å². The van der Waals surface area contributed by atoms with Gasteiger partial charge < -0.3 is 14.7 Å². The molecule has 23 heavy (non-hydrogen) atoms. The van der Waals surface area contributed by atoms with Crippen molar-refractivity contribution in [2.45, 2.75) is 45.8 Å². The van der Waals surface area contributed by atoms with Crippen LogP contribution in [0, 0.1) is 11.3 Å². The maximum Gasteiger partial charge on any atom is 0.410 e. The summed E-state index contributed by atoms with van der Waals surface area (Å²) in [5.41, 5.74) is 2.17. The second-order valence-corrected chi connectivity index (χ2v) is 6.62. The van der Waals surface area contributed by atoms with E-state index >= 15 is 0 Å². The smallest absolute Gasteiger partial charge is 0.410 e. The zero-order valence-corrected chi connectivity index (χ0v) is 13.5. The number of aliphatic carboxylic acids is 1. The van der Waals surface area contributed by atoms with Gasteiger partial charge in [-0.05, 0) is 49.9 Å². The van der Waals surface area contributed by atoms with E-state index < -0.39 is 17.7 Å². The number of nitrogens with zero attached hydrogens (tertiary/aromatic N) is 2. The molecule has 0 aliphatic carbocycles. The number of rotatable bonds is 2. The van der Waals surface area contributed by atoms with Crippen LogP contribution in [0.25, 0.3) is 0 Å². The molecule has 0 atom stereocenters. The molecule has 0 fully saturated rings. The van der Waals surface area contributed by atoms with Crippen molar-refractivity contribution in [2.24, 2.45) is 0 Å². The molecular formula is C17H20N2O4. The first kappa shape index (κ1) is 16.8. The molecule has 1 aliphatic heterocycles. The number of hydrogen-bond donors (Lipinski definition) is 1. The summed E-state index contributed by atoms with van der Waals surface area (Å²) in [6.07, 6.45) is 0.0655. The molecule has 0 unspecified atom stereocenters. The monoisotopic (exact) mass is 316 g/mol. The second-order valence-electron chi connectivity index (χ2n) is 6.62. The van der Waals surface area contributed by atoms with Gasteiger partial charge in [0.1, 0.15) is 5.60 Å². The molecule has 1 amide bonds. The van der Waals surface area contributed by atoms with Gasteiger partial charge in [0.15, 0.2) is 0 Å². The van der Waals surface area contributed by atoms with Crippen molar-refractivity contribution in [3.63, 3.8) is 0 Å². The SMILES string of the molecule is CC(C)(C)OC(=O)N1CCc2cc(CC(=O)O)cc(C#N)c2C1. The number of hydrogen-bond acceptors (Lipinski definition) is 4. The Hall–Kier alpha value is -2.55. The Kier molecular flexibility index (Phi) is 4.60. The minimum atomic E-state index is -0.931. The van der Waals surface area contributed by atoms with Gasteiger partial charge in [-0.15, -0.1) is 0 Å². The number of amides is 1. The fourth-order valence-electron chi connectivity index (χ4n) is 2.59. The lowest BCUT2D eigenvalue weighted by molar-refractivity contribution is -0.136. The third kappa shape index (κ3) is 4.22. The van der Waals surface area contributed by atoms with Crippen LogP contribution in [-0.4, -0.2) is 34.2 Å². The maximum absolute atomic E-state index is 12.2. The molecule has 2 rings (SSSR count). The van der Waals surface area contributed by atoms with Crippen LogP contribution in [-0.2, 0) is 28.9 Å². The van der Waals surface area contributed by atoms with Crippen molar-refractivity contribution < 1.29 is 19.4 Å². The van der Waals surface area contributed by atoms with Crippen LogP contribution in [0.2, 0.25) is 0 Å². The van der Waals surface area contributed by atoms with Gasteiger partial charge in [0, 0.05) is 6.54 Å².